The monoisotopic (exact) mass is 368 g/mol. The maximum Gasteiger partial charge on any atom is 0.257 e. The van der Waals surface area contributed by atoms with E-state index in [1.165, 1.54) is 6.07 Å². The summed E-state index contributed by atoms with van der Waals surface area (Å²) in [5, 5.41) is 9.89. The van der Waals surface area contributed by atoms with Gasteiger partial charge < -0.3 is 19.6 Å². The van der Waals surface area contributed by atoms with Gasteiger partial charge in [-0.25, -0.2) is 0 Å². The summed E-state index contributed by atoms with van der Waals surface area (Å²) in [6.45, 7) is 2.47. The molecule has 1 aliphatic heterocycles. The first-order valence-electron chi connectivity index (χ1n) is 9.18. The van der Waals surface area contributed by atoms with E-state index in [9.17, 15) is 14.7 Å². The lowest BCUT2D eigenvalue weighted by Crippen LogP contribution is -2.37. The van der Waals surface area contributed by atoms with Gasteiger partial charge in [0.2, 0.25) is 5.91 Å². The number of para-hydroxylation sites is 2. The minimum Gasteiger partial charge on any atom is -0.507 e. The molecule has 1 saturated heterocycles. The molecule has 0 unspecified atom stereocenters. The lowest BCUT2D eigenvalue weighted by Gasteiger charge is -2.22. The number of hydrogen-bond acceptors (Lipinski definition) is 4. The van der Waals surface area contributed by atoms with Gasteiger partial charge in [-0.1, -0.05) is 30.3 Å². The van der Waals surface area contributed by atoms with Crippen LogP contribution in [0.3, 0.4) is 0 Å². The smallest absolute Gasteiger partial charge is 0.257 e. The summed E-state index contributed by atoms with van der Waals surface area (Å²) in [5.41, 5.74) is 0.300. The zero-order valence-electron chi connectivity index (χ0n) is 15.2. The maximum atomic E-state index is 12.6. The van der Waals surface area contributed by atoms with Crippen molar-refractivity contribution in [1.82, 2.24) is 9.80 Å². The molecule has 27 heavy (non-hydrogen) atoms. The first kappa shape index (κ1) is 18.8. The van der Waals surface area contributed by atoms with E-state index in [0.717, 1.165) is 5.75 Å². The molecule has 1 heterocycles. The Morgan fingerprint density at radius 2 is 1.56 bits per heavy atom. The number of phenols is 1. The molecular weight excluding hydrogens is 344 g/mol. The van der Waals surface area contributed by atoms with Crippen molar-refractivity contribution in [3.05, 3.63) is 60.2 Å². The summed E-state index contributed by atoms with van der Waals surface area (Å²) in [5.74, 6) is 0.566. The summed E-state index contributed by atoms with van der Waals surface area (Å²) in [7, 11) is 0. The van der Waals surface area contributed by atoms with Gasteiger partial charge in [-0.15, -0.1) is 0 Å². The zero-order chi connectivity index (χ0) is 19.1. The Bertz CT molecular complexity index is 779. The number of amides is 2. The van der Waals surface area contributed by atoms with Crippen LogP contribution >= 0.6 is 0 Å². The third-order valence-electron chi connectivity index (χ3n) is 4.60. The fraction of sp³-hybridized carbons (Fsp3) is 0.333. The lowest BCUT2D eigenvalue weighted by molar-refractivity contribution is -0.131. The fourth-order valence-corrected chi connectivity index (χ4v) is 3.13. The number of carbonyl (C=O) groups is 2. The molecule has 0 bridgehead atoms. The third kappa shape index (κ3) is 5.00. The van der Waals surface area contributed by atoms with Gasteiger partial charge in [-0.05, 0) is 30.7 Å². The van der Waals surface area contributed by atoms with E-state index in [1.54, 1.807) is 28.0 Å². The largest absolute Gasteiger partial charge is 0.507 e. The van der Waals surface area contributed by atoms with Crippen LogP contribution in [0.15, 0.2) is 54.6 Å². The number of aromatic hydroxyl groups is 1. The average Bonchev–Trinajstić information content (AvgIpc) is 2.95. The van der Waals surface area contributed by atoms with E-state index in [4.69, 9.17) is 4.74 Å². The molecule has 6 heteroatoms. The van der Waals surface area contributed by atoms with E-state index in [0.29, 0.717) is 51.2 Å². The molecule has 3 rings (SSSR count). The topological polar surface area (TPSA) is 70.1 Å². The second kappa shape index (κ2) is 9.07. The van der Waals surface area contributed by atoms with Crippen molar-refractivity contribution >= 4 is 11.8 Å². The van der Waals surface area contributed by atoms with Crippen LogP contribution in [0.25, 0.3) is 0 Å². The SMILES string of the molecule is O=C(CCOc1ccccc1)N1CCCN(C(=O)c2ccccc2O)CC1. The molecule has 1 aliphatic rings. The van der Waals surface area contributed by atoms with Crippen molar-refractivity contribution in [2.24, 2.45) is 0 Å². The Balaban J connectivity index is 1.49. The van der Waals surface area contributed by atoms with Gasteiger partial charge in [0, 0.05) is 26.2 Å². The quantitative estimate of drug-likeness (QED) is 0.881. The molecule has 0 radical (unpaired) electrons. The molecule has 0 aliphatic carbocycles. The molecule has 0 atom stereocenters. The number of phenolic OH excluding ortho intramolecular Hbond substituents is 1. The summed E-state index contributed by atoms with van der Waals surface area (Å²) in [4.78, 5) is 28.5. The summed E-state index contributed by atoms with van der Waals surface area (Å²) in [6, 6.07) is 16.0. The average molecular weight is 368 g/mol. The van der Waals surface area contributed by atoms with Crippen LogP contribution in [0, 0.1) is 0 Å². The molecule has 0 spiro atoms. The highest BCUT2D eigenvalue weighted by molar-refractivity contribution is 5.96. The molecule has 142 valence electrons. The van der Waals surface area contributed by atoms with Gasteiger partial charge in [0.1, 0.15) is 11.5 Å². The number of rotatable bonds is 5. The van der Waals surface area contributed by atoms with E-state index in [2.05, 4.69) is 0 Å². The molecule has 0 aromatic heterocycles. The molecule has 6 nitrogen and oxygen atoms in total. The second-order valence-electron chi connectivity index (χ2n) is 6.46. The fourth-order valence-electron chi connectivity index (χ4n) is 3.13. The van der Waals surface area contributed by atoms with Crippen LogP contribution in [0.1, 0.15) is 23.2 Å². The van der Waals surface area contributed by atoms with Crippen molar-refractivity contribution in [2.75, 3.05) is 32.8 Å². The minimum absolute atomic E-state index is 0.0160. The van der Waals surface area contributed by atoms with Crippen molar-refractivity contribution in [3.8, 4) is 11.5 Å². The molecular formula is C21H24N2O4. The minimum atomic E-state index is -0.199. The van der Waals surface area contributed by atoms with Crippen molar-refractivity contribution in [2.45, 2.75) is 12.8 Å². The summed E-state index contributed by atoms with van der Waals surface area (Å²) < 4.78 is 5.59. The van der Waals surface area contributed by atoms with Gasteiger partial charge in [-0.2, -0.15) is 0 Å². The molecule has 2 aromatic carbocycles. The number of nitrogens with zero attached hydrogens (tertiary/aromatic N) is 2. The highest BCUT2D eigenvalue weighted by atomic mass is 16.5. The van der Waals surface area contributed by atoms with Gasteiger partial charge >= 0.3 is 0 Å². The lowest BCUT2D eigenvalue weighted by atomic mass is 10.1. The molecule has 1 N–H and O–H groups in total. The Morgan fingerprint density at radius 1 is 0.889 bits per heavy atom. The second-order valence-corrected chi connectivity index (χ2v) is 6.46. The summed E-state index contributed by atoms with van der Waals surface area (Å²) in [6.07, 6.45) is 1.02. The normalized spacial score (nSPS) is 14.5. The van der Waals surface area contributed by atoms with Crippen molar-refractivity contribution in [1.29, 1.82) is 0 Å². The summed E-state index contributed by atoms with van der Waals surface area (Å²) >= 11 is 0. The molecule has 2 amide bonds. The van der Waals surface area contributed by atoms with E-state index in [-0.39, 0.29) is 17.6 Å². The predicted octanol–water partition coefficient (Wildman–Crippen LogP) is 2.54. The van der Waals surface area contributed by atoms with Crippen LogP contribution in [-0.4, -0.2) is 59.5 Å². The van der Waals surface area contributed by atoms with E-state index < -0.39 is 0 Å². The van der Waals surface area contributed by atoms with E-state index >= 15 is 0 Å². The Labute approximate surface area is 159 Å². The molecule has 0 saturated carbocycles. The first-order valence-corrected chi connectivity index (χ1v) is 9.18. The molecule has 1 fully saturated rings. The van der Waals surface area contributed by atoms with Crippen LogP contribution in [-0.2, 0) is 4.79 Å². The Kier molecular flexibility index (Phi) is 6.30. The maximum absolute atomic E-state index is 12.6. The van der Waals surface area contributed by atoms with Crippen LogP contribution in [0.2, 0.25) is 0 Å². The highest BCUT2D eigenvalue weighted by Crippen LogP contribution is 2.19. The van der Waals surface area contributed by atoms with Crippen LogP contribution < -0.4 is 4.74 Å². The van der Waals surface area contributed by atoms with Crippen LogP contribution in [0.4, 0.5) is 0 Å². The predicted molar refractivity (Wildman–Crippen MR) is 102 cm³/mol. The standard InChI is InChI=1S/C21H24N2O4/c24-19-10-5-4-9-18(19)21(26)23-13-6-12-22(14-15-23)20(25)11-16-27-17-7-2-1-3-8-17/h1-5,7-10,24H,6,11-16H2. The van der Waals surface area contributed by atoms with Crippen molar-refractivity contribution < 1.29 is 19.4 Å². The van der Waals surface area contributed by atoms with Gasteiger partial charge in [0.15, 0.2) is 0 Å². The van der Waals surface area contributed by atoms with Gasteiger partial charge in [-0.3, -0.25) is 9.59 Å². The van der Waals surface area contributed by atoms with Crippen LogP contribution in [0.5, 0.6) is 11.5 Å². The Hall–Kier alpha value is -3.02. The van der Waals surface area contributed by atoms with Crippen molar-refractivity contribution in [3.63, 3.8) is 0 Å². The number of carbonyl (C=O) groups excluding carboxylic acids is 2. The highest BCUT2D eigenvalue weighted by Gasteiger charge is 2.24. The van der Waals surface area contributed by atoms with Gasteiger partial charge in [0.05, 0.1) is 18.6 Å². The number of ether oxygens (including phenoxy) is 1. The zero-order valence-corrected chi connectivity index (χ0v) is 15.2. The third-order valence-corrected chi connectivity index (χ3v) is 4.60. The van der Waals surface area contributed by atoms with Gasteiger partial charge in [0.25, 0.3) is 5.91 Å². The Morgan fingerprint density at radius 3 is 2.33 bits per heavy atom. The molecule has 2 aromatic rings. The van der Waals surface area contributed by atoms with E-state index in [1.807, 2.05) is 30.3 Å². The first-order chi connectivity index (χ1) is 13.1. The number of benzene rings is 2. The number of hydrogen-bond donors (Lipinski definition) is 1.